The van der Waals surface area contributed by atoms with Crippen LogP contribution in [0.4, 0.5) is 0 Å². The van der Waals surface area contributed by atoms with E-state index in [2.05, 4.69) is 15.6 Å². The van der Waals surface area contributed by atoms with Crippen molar-refractivity contribution in [3.8, 4) is 11.5 Å². The molecule has 1 aromatic carbocycles. The van der Waals surface area contributed by atoms with Crippen molar-refractivity contribution in [2.75, 3.05) is 34.4 Å². The highest BCUT2D eigenvalue weighted by Crippen LogP contribution is 2.24. The van der Waals surface area contributed by atoms with Crippen molar-refractivity contribution in [1.29, 1.82) is 0 Å². The van der Waals surface area contributed by atoms with E-state index < -0.39 is 0 Å². The Morgan fingerprint density at radius 3 is 2.46 bits per heavy atom. The monoisotopic (exact) mass is 507 g/mol. The van der Waals surface area contributed by atoms with Crippen LogP contribution in [-0.4, -0.2) is 46.3 Å². The van der Waals surface area contributed by atoms with Crippen LogP contribution >= 0.6 is 24.0 Å². The summed E-state index contributed by atoms with van der Waals surface area (Å²) in [4.78, 5) is 15.5. The molecule has 0 saturated carbocycles. The van der Waals surface area contributed by atoms with Gasteiger partial charge in [0, 0.05) is 38.2 Å². The first-order valence-electron chi connectivity index (χ1n) is 9.45. The van der Waals surface area contributed by atoms with E-state index in [-0.39, 0.29) is 29.9 Å². The van der Waals surface area contributed by atoms with Gasteiger partial charge < -0.3 is 24.8 Å². The van der Waals surface area contributed by atoms with E-state index in [4.69, 9.17) is 14.2 Å². The molecule has 0 radical (unpaired) electrons. The Kier molecular flexibility index (Phi) is 15.3. The van der Waals surface area contributed by atoms with Gasteiger partial charge in [0.05, 0.1) is 20.8 Å². The zero-order chi connectivity index (χ0) is 19.9. The zero-order valence-electron chi connectivity index (χ0n) is 17.4. The van der Waals surface area contributed by atoms with Gasteiger partial charge in [-0.3, -0.25) is 9.79 Å². The maximum atomic E-state index is 11.3. The number of nitrogens with one attached hydrogen (secondary N) is 2. The Balaban J connectivity index is 0.00000729. The summed E-state index contributed by atoms with van der Waals surface area (Å²) in [5.41, 5.74) is 1.03. The van der Waals surface area contributed by atoms with Crippen LogP contribution in [0, 0.1) is 0 Å². The lowest BCUT2D eigenvalue weighted by atomic mass is 10.1. The third kappa shape index (κ3) is 10.6. The Morgan fingerprint density at radius 2 is 1.82 bits per heavy atom. The number of unbranched alkanes of at least 4 members (excludes halogenated alkanes) is 3. The average molecular weight is 507 g/mol. The van der Waals surface area contributed by atoms with Crippen molar-refractivity contribution < 1.29 is 19.0 Å². The number of benzene rings is 1. The Labute approximate surface area is 185 Å². The summed E-state index contributed by atoms with van der Waals surface area (Å²) in [7, 11) is 5.03. The molecule has 0 heterocycles. The van der Waals surface area contributed by atoms with Crippen LogP contribution in [0.15, 0.2) is 23.2 Å². The number of halogens is 1. The Bertz CT molecular complexity index is 597. The number of aliphatic imine (C=N–C) groups is 1. The fourth-order valence-corrected chi connectivity index (χ4v) is 2.59. The number of nitrogens with zero attached hydrogens (tertiary/aromatic N) is 1. The summed E-state index contributed by atoms with van der Waals surface area (Å²) in [5.74, 6) is 2.19. The van der Waals surface area contributed by atoms with Crippen molar-refractivity contribution in [2.24, 2.45) is 4.99 Å². The van der Waals surface area contributed by atoms with Crippen molar-refractivity contribution in [2.45, 2.75) is 45.6 Å². The van der Waals surface area contributed by atoms with Crippen LogP contribution in [0.1, 0.15) is 44.6 Å². The Hall–Kier alpha value is -1.71. The van der Waals surface area contributed by atoms with Crippen molar-refractivity contribution in [1.82, 2.24) is 10.6 Å². The van der Waals surface area contributed by atoms with Gasteiger partial charge in [0.2, 0.25) is 0 Å². The highest BCUT2D eigenvalue weighted by molar-refractivity contribution is 14.0. The highest BCUT2D eigenvalue weighted by Gasteiger charge is 2.06. The minimum Gasteiger partial charge on any atom is -0.497 e. The van der Waals surface area contributed by atoms with E-state index in [0.29, 0.717) is 19.6 Å². The molecule has 28 heavy (non-hydrogen) atoms. The number of methoxy groups -OCH3 is 2. The molecular formula is C20H34IN3O4. The molecule has 8 heteroatoms. The third-order valence-electron chi connectivity index (χ3n) is 4.07. The second kappa shape index (κ2) is 16.3. The predicted molar refractivity (Wildman–Crippen MR) is 123 cm³/mol. The first kappa shape index (κ1) is 26.3. The fraction of sp³-hybridized carbons (Fsp3) is 0.600. The summed E-state index contributed by atoms with van der Waals surface area (Å²) in [6, 6.07) is 5.75. The fourth-order valence-electron chi connectivity index (χ4n) is 2.59. The van der Waals surface area contributed by atoms with Crippen molar-refractivity contribution in [3.63, 3.8) is 0 Å². The number of ether oxygens (including phenoxy) is 3. The second-order valence-electron chi connectivity index (χ2n) is 6.00. The largest absolute Gasteiger partial charge is 0.497 e. The molecule has 1 rings (SSSR count). The maximum absolute atomic E-state index is 11.3. The molecule has 1 aromatic rings. The van der Waals surface area contributed by atoms with Crippen LogP contribution < -0.4 is 20.1 Å². The van der Waals surface area contributed by atoms with Crippen LogP contribution in [-0.2, 0) is 16.1 Å². The molecule has 0 unspecified atom stereocenters. The van der Waals surface area contributed by atoms with E-state index in [1.165, 1.54) is 0 Å². The first-order valence-corrected chi connectivity index (χ1v) is 9.45. The van der Waals surface area contributed by atoms with Crippen molar-refractivity contribution in [3.05, 3.63) is 23.8 Å². The number of carbonyl (C=O) groups is 1. The molecule has 2 N–H and O–H groups in total. The second-order valence-corrected chi connectivity index (χ2v) is 6.00. The smallest absolute Gasteiger partial charge is 0.305 e. The molecule has 0 atom stereocenters. The molecule has 0 fully saturated rings. The minimum absolute atomic E-state index is 0. The van der Waals surface area contributed by atoms with Gasteiger partial charge in [0.15, 0.2) is 5.96 Å². The molecule has 160 valence electrons. The lowest BCUT2D eigenvalue weighted by Gasteiger charge is -2.14. The first-order chi connectivity index (χ1) is 13.1. The highest BCUT2D eigenvalue weighted by atomic mass is 127. The maximum Gasteiger partial charge on any atom is 0.305 e. The van der Waals surface area contributed by atoms with Gasteiger partial charge in [-0.25, -0.2) is 0 Å². The topological polar surface area (TPSA) is 81.2 Å². The summed E-state index contributed by atoms with van der Waals surface area (Å²) < 4.78 is 15.5. The van der Waals surface area contributed by atoms with E-state index in [0.717, 1.165) is 55.3 Å². The van der Waals surface area contributed by atoms with Crippen molar-refractivity contribution >= 4 is 35.9 Å². The molecule has 0 aliphatic rings. The lowest BCUT2D eigenvalue weighted by molar-refractivity contribution is -0.143. The molecule has 0 spiro atoms. The van der Waals surface area contributed by atoms with E-state index in [1.54, 1.807) is 21.3 Å². The normalized spacial score (nSPS) is 10.6. The van der Waals surface area contributed by atoms with Gasteiger partial charge in [-0.1, -0.05) is 12.8 Å². The number of hydrogen-bond acceptors (Lipinski definition) is 5. The molecule has 7 nitrogen and oxygen atoms in total. The lowest BCUT2D eigenvalue weighted by Crippen LogP contribution is -2.37. The summed E-state index contributed by atoms with van der Waals surface area (Å²) >= 11 is 0. The van der Waals surface area contributed by atoms with Crippen LogP contribution in [0.3, 0.4) is 0 Å². The Morgan fingerprint density at radius 1 is 1.07 bits per heavy atom. The molecule has 0 aliphatic heterocycles. The molecule has 0 amide bonds. The van der Waals surface area contributed by atoms with Gasteiger partial charge in [-0.2, -0.15) is 0 Å². The standard InChI is InChI=1S/C20H33N3O4.HI/c1-5-27-19(24)10-8-6-7-9-13-22-20(21-2)23-15-16-11-12-17(25-3)14-18(16)26-4;/h11-12,14H,5-10,13,15H2,1-4H3,(H2,21,22,23);1H. The van der Waals surface area contributed by atoms with Crippen LogP contribution in [0.2, 0.25) is 0 Å². The zero-order valence-corrected chi connectivity index (χ0v) is 19.7. The minimum atomic E-state index is -0.103. The average Bonchev–Trinajstić information content (AvgIpc) is 2.69. The molecule has 0 aromatic heterocycles. The SMILES string of the molecule is CCOC(=O)CCCCCCNC(=NC)NCc1ccc(OC)cc1OC.I. The number of hydrogen-bond donors (Lipinski definition) is 2. The number of rotatable bonds is 12. The molecule has 0 bridgehead atoms. The van der Waals surface area contributed by atoms with E-state index in [9.17, 15) is 4.79 Å². The van der Waals surface area contributed by atoms with E-state index in [1.807, 2.05) is 25.1 Å². The summed E-state index contributed by atoms with van der Waals surface area (Å²) in [5, 5.41) is 6.59. The van der Waals surface area contributed by atoms with Crippen LogP contribution in [0.25, 0.3) is 0 Å². The van der Waals surface area contributed by atoms with Gasteiger partial charge in [0.25, 0.3) is 0 Å². The number of guanidine groups is 1. The number of carbonyl (C=O) groups excluding carboxylic acids is 1. The summed E-state index contributed by atoms with van der Waals surface area (Å²) in [6.45, 7) is 3.72. The molecule has 0 saturated heterocycles. The van der Waals surface area contributed by atoms with E-state index >= 15 is 0 Å². The number of esters is 1. The van der Waals surface area contributed by atoms with Gasteiger partial charge in [-0.15, -0.1) is 24.0 Å². The summed E-state index contributed by atoms with van der Waals surface area (Å²) in [6.07, 6.45) is 4.50. The molecular weight excluding hydrogens is 473 g/mol. The van der Waals surface area contributed by atoms with Gasteiger partial charge in [-0.05, 0) is 31.9 Å². The molecule has 0 aliphatic carbocycles. The van der Waals surface area contributed by atoms with Gasteiger partial charge >= 0.3 is 5.97 Å². The third-order valence-corrected chi connectivity index (χ3v) is 4.07. The quantitative estimate of drug-likeness (QED) is 0.148. The van der Waals surface area contributed by atoms with Gasteiger partial charge in [0.1, 0.15) is 11.5 Å². The predicted octanol–water partition coefficient (Wildman–Crippen LogP) is 3.50. The van der Waals surface area contributed by atoms with Crippen LogP contribution in [0.5, 0.6) is 11.5 Å².